The molecule has 2 aromatic rings. The summed E-state index contributed by atoms with van der Waals surface area (Å²) in [7, 11) is -4.94. The molecule has 2 atom stereocenters. The zero-order valence-corrected chi connectivity index (χ0v) is 24.3. The summed E-state index contributed by atoms with van der Waals surface area (Å²) in [6, 6.07) is -2.40. The van der Waals surface area contributed by atoms with Gasteiger partial charge in [-0.1, -0.05) is 6.58 Å². The van der Waals surface area contributed by atoms with E-state index in [0.717, 1.165) is 16.1 Å². The van der Waals surface area contributed by atoms with Crippen molar-refractivity contribution in [1.29, 1.82) is 0 Å². The topological polar surface area (TPSA) is 262 Å². The van der Waals surface area contributed by atoms with Crippen LogP contribution in [-0.4, -0.2) is 109 Å². The molecule has 1 aliphatic carbocycles. The Morgan fingerprint density at radius 3 is 2.63 bits per heavy atom. The Hall–Kier alpha value is -4.14. The van der Waals surface area contributed by atoms with E-state index in [-0.39, 0.29) is 47.8 Å². The Labute approximate surface area is 249 Å². The molecule has 3 fully saturated rings. The molecule has 1 saturated carbocycles. The predicted molar refractivity (Wildman–Crippen MR) is 150 cm³/mol. The maximum Gasteiger partial charge on any atom is 0.410 e. The zero-order valence-electron chi connectivity index (χ0n) is 22.7. The van der Waals surface area contributed by atoms with Crippen molar-refractivity contribution < 1.29 is 37.2 Å². The van der Waals surface area contributed by atoms with Gasteiger partial charge in [0.2, 0.25) is 0 Å². The molecular weight excluding hydrogens is 608 g/mol. The first-order valence-electron chi connectivity index (χ1n) is 13.1. The number of amides is 2. The van der Waals surface area contributed by atoms with Gasteiger partial charge in [-0.25, -0.2) is 14.1 Å². The van der Waals surface area contributed by atoms with E-state index in [1.807, 2.05) is 0 Å². The van der Waals surface area contributed by atoms with Gasteiger partial charge in [-0.2, -0.15) is 23.4 Å². The number of carboxylic acids is 1. The van der Waals surface area contributed by atoms with Crippen molar-refractivity contribution in [2.24, 2.45) is 22.1 Å². The van der Waals surface area contributed by atoms with Crippen LogP contribution in [0.15, 0.2) is 28.8 Å². The van der Waals surface area contributed by atoms with Crippen molar-refractivity contribution in [3.63, 3.8) is 0 Å². The van der Waals surface area contributed by atoms with Gasteiger partial charge in [0.25, 0.3) is 5.91 Å². The largest absolute Gasteiger partial charge is 0.481 e. The molecule has 0 aromatic carbocycles. The van der Waals surface area contributed by atoms with Crippen LogP contribution in [0.4, 0.5) is 9.93 Å². The maximum atomic E-state index is 12.9. The number of carbonyl (C=O) groups excluding carboxylic acids is 2. The molecule has 18 nitrogen and oxygen atoms in total. The van der Waals surface area contributed by atoms with Crippen LogP contribution in [0.5, 0.6) is 0 Å². The quantitative estimate of drug-likeness (QED) is 0.0969. The highest BCUT2D eigenvalue weighted by molar-refractivity contribution is 7.84. The number of hydrogen-bond donors (Lipinski definition) is 5. The van der Waals surface area contributed by atoms with Gasteiger partial charge in [0, 0.05) is 24.4 Å². The van der Waals surface area contributed by atoms with Crippen LogP contribution in [0.3, 0.4) is 0 Å². The first kappa shape index (κ1) is 30.3. The highest BCUT2D eigenvalue weighted by Gasteiger charge is 2.54. The van der Waals surface area contributed by atoms with Gasteiger partial charge in [0.15, 0.2) is 5.13 Å². The van der Waals surface area contributed by atoms with E-state index in [2.05, 4.69) is 32.1 Å². The number of ether oxygens (including phenoxy) is 1. The third-order valence-electron chi connectivity index (χ3n) is 7.47. The van der Waals surface area contributed by atoms with Crippen molar-refractivity contribution in [1.82, 2.24) is 34.5 Å². The minimum absolute atomic E-state index is 0.0636. The molecule has 43 heavy (non-hydrogen) atoms. The minimum atomic E-state index is -4.94. The number of likely N-dealkylation sites (tertiary alicyclic amines) is 1. The van der Waals surface area contributed by atoms with Gasteiger partial charge >= 0.3 is 22.4 Å². The molecule has 232 valence electrons. The van der Waals surface area contributed by atoms with Crippen molar-refractivity contribution in [3.05, 3.63) is 35.2 Å². The number of β-lactam (4-membered cyclic amide) rings is 1. The highest BCUT2D eigenvalue weighted by Crippen LogP contribution is 2.46. The monoisotopic (exact) mass is 638 g/mol. The Morgan fingerprint density at radius 2 is 2.05 bits per heavy atom. The molecule has 2 saturated heterocycles. The number of aliphatic carboxylic acids is 1. The number of allylic oxidation sites excluding steroid dienone is 1. The number of rotatable bonds is 13. The van der Waals surface area contributed by atoms with Gasteiger partial charge in [-0.15, -0.1) is 11.3 Å². The lowest BCUT2D eigenvalue weighted by atomic mass is 9.98. The number of aliphatic imine (C=N–C) groups is 1. The molecule has 4 heterocycles. The minimum Gasteiger partial charge on any atom is -0.481 e. The lowest BCUT2D eigenvalue weighted by Gasteiger charge is -2.44. The number of carbonyl (C=O) groups is 3. The number of hydrogen-bond acceptors (Lipinski definition) is 14. The molecule has 20 heteroatoms. The number of nitrogens with two attached hydrogens (primary N) is 2. The van der Waals surface area contributed by atoms with E-state index in [1.165, 1.54) is 11.1 Å². The molecule has 2 aliphatic heterocycles. The summed E-state index contributed by atoms with van der Waals surface area (Å²) >= 11 is 1.12. The van der Waals surface area contributed by atoms with Crippen molar-refractivity contribution in [2.45, 2.75) is 38.1 Å². The van der Waals surface area contributed by atoms with Crippen LogP contribution in [0.1, 0.15) is 24.2 Å². The van der Waals surface area contributed by atoms with E-state index in [0.29, 0.717) is 42.5 Å². The molecular formula is C23H30N10O8S2. The first-order chi connectivity index (χ1) is 20.3. The first-order valence-corrected chi connectivity index (χ1v) is 15.4. The summed E-state index contributed by atoms with van der Waals surface area (Å²) in [4.78, 5) is 47.9. The summed E-state index contributed by atoms with van der Waals surface area (Å²) in [6.45, 7) is 4.89. The molecule has 0 radical (unpaired) electrons. The Kier molecular flexibility index (Phi) is 8.11. The number of aromatic nitrogens is 4. The normalized spacial score (nSPS) is 21.6. The molecule has 0 bridgehead atoms. The lowest BCUT2D eigenvalue weighted by Crippen LogP contribution is -2.72. The lowest BCUT2D eigenvalue weighted by molar-refractivity contribution is -0.143. The average molecular weight is 639 g/mol. The van der Waals surface area contributed by atoms with Crippen LogP contribution >= 0.6 is 11.3 Å². The summed E-state index contributed by atoms with van der Waals surface area (Å²) in [5.41, 5.74) is 11.1. The van der Waals surface area contributed by atoms with E-state index in [9.17, 15) is 32.5 Å². The Morgan fingerprint density at radius 1 is 1.33 bits per heavy atom. The predicted octanol–water partition coefficient (Wildman–Crippen LogP) is -1.32. The van der Waals surface area contributed by atoms with Gasteiger partial charge < -0.3 is 31.5 Å². The Bertz CT molecular complexity index is 1580. The highest BCUT2D eigenvalue weighted by atomic mass is 32.2. The third-order valence-corrected chi connectivity index (χ3v) is 9.09. The molecule has 0 spiro atoms. The van der Waals surface area contributed by atoms with Gasteiger partial charge in [-0.05, 0) is 19.4 Å². The van der Waals surface area contributed by atoms with Gasteiger partial charge in [-0.3, -0.25) is 19.1 Å². The fraction of sp³-hybridized carbons (Fsp3) is 0.522. The Balaban J connectivity index is 1.28. The van der Waals surface area contributed by atoms with E-state index in [1.54, 1.807) is 5.38 Å². The van der Waals surface area contributed by atoms with E-state index < -0.39 is 45.8 Å². The molecule has 2 amide bonds. The number of anilines is 1. The van der Waals surface area contributed by atoms with Crippen LogP contribution in [0.25, 0.3) is 0 Å². The second-order valence-corrected chi connectivity index (χ2v) is 12.7. The smallest absolute Gasteiger partial charge is 0.410 e. The van der Waals surface area contributed by atoms with Crippen molar-refractivity contribution in [3.8, 4) is 0 Å². The van der Waals surface area contributed by atoms with Crippen LogP contribution in [0.2, 0.25) is 0 Å². The van der Waals surface area contributed by atoms with E-state index in [4.69, 9.17) is 16.2 Å². The SMILES string of the molecule is C=C(NC1C(=O)N(S(=O)(=O)O)C1Cn1ncc(COC(=O)N2CC(CN)C2)n1)C(=NCC1(C(=O)O)CC1)c1csc(N)n1. The average Bonchev–Trinajstić information content (AvgIpc) is 3.38. The fourth-order valence-corrected chi connectivity index (χ4v) is 6.11. The molecule has 2 aromatic heterocycles. The standard InChI is InChI=1S/C23H30N10O8S2/c1-12(17(15-10-42-21(25)29-15)26-11-23(2-3-23)20(35)36)28-18-16(33(19(18)34)43(38,39)40)8-32-27-5-14(30-32)9-41-22(37)31-6-13(4-24)7-31/h5,10,13,16,18,28H,1-4,6-9,11,24H2,(H2,25,29)(H,35,36)(H,38,39,40). The second kappa shape index (κ2) is 11.5. The summed E-state index contributed by atoms with van der Waals surface area (Å²) in [6.07, 6.45) is 1.70. The van der Waals surface area contributed by atoms with Crippen molar-refractivity contribution >= 4 is 50.5 Å². The number of nitrogens with one attached hydrogen (secondary N) is 1. The maximum absolute atomic E-state index is 12.9. The molecule has 7 N–H and O–H groups in total. The summed E-state index contributed by atoms with van der Waals surface area (Å²) in [5, 5.41) is 22.4. The second-order valence-electron chi connectivity index (χ2n) is 10.6. The number of nitrogens with zero attached hydrogens (tertiary/aromatic N) is 7. The van der Waals surface area contributed by atoms with Crippen molar-refractivity contribution in [2.75, 3.05) is 31.9 Å². The van der Waals surface area contributed by atoms with E-state index >= 15 is 0 Å². The number of thiazole rings is 1. The van der Waals surface area contributed by atoms with Crippen LogP contribution in [0, 0.1) is 11.3 Å². The van der Waals surface area contributed by atoms with Crippen LogP contribution in [-0.2, 0) is 37.8 Å². The number of carboxylic acid groups (broad SMARTS) is 1. The van der Waals surface area contributed by atoms with Crippen LogP contribution < -0.4 is 16.8 Å². The summed E-state index contributed by atoms with van der Waals surface area (Å²) in [5.74, 6) is -1.71. The van der Waals surface area contributed by atoms with Gasteiger partial charge in [0.05, 0.1) is 30.4 Å². The molecule has 3 aliphatic rings. The zero-order chi connectivity index (χ0) is 31.1. The molecule has 2 unspecified atom stereocenters. The summed E-state index contributed by atoms with van der Waals surface area (Å²) < 4.78 is 39.2. The fourth-order valence-electron chi connectivity index (χ4n) is 4.69. The molecule has 5 rings (SSSR count). The van der Waals surface area contributed by atoms with Gasteiger partial charge in [0.1, 0.15) is 35.8 Å². The number of nitrogen functional groups attached to an aromatic ring is 1. The third kappa shape index (κ3) is 6.31.